The standard InChI is InChI=1S/C10H20N4OS/c1-8(2)6-11-7-9-13-14-10(15-9)12-4-5-16-3/h8,11H,4-7H2,1-3H3,(H,12,14). The lowest BCUT2D eigenvalue weighted by Gasteiger charge is -2.03. The third kappa shape index (κ3) is 5.37. The second kappa shape index (κ2) is 7.51. The highest BCUT2D eigenvalue weighted by Crippen LogP contribution is 2.05. The quantitative estimate of drug-likeness (QED) is 0.677. The van der Waals surface area contributed by atoms with Crippen molar-refractivity contribution in [2.45, 2.75) is 20.4 Å². The summed E-state index contributed by atoms with van der Waals surface area (Å²) in [4.78, 5) is 0. The molecule has 0 radical (unpaired) electrons. The van der Waals surface area contributed by atoms with Crippen molar-refractivity contribution in [3.63, 3.8) is 0 Å². The van der Waals surface area contributed by atoms with Crippen LogP contribution < -0.4 is 10.6 Å². The maximum atomic E-state index is 5.41. The average Bonchev–Trinajstić information content (AvgIpc) is 2.66. The monoisotopic (exact) mass is 244 g/mol. The summed E-state index contributed by atoms with van der Waals surface area (Å²) in [6.45, 7) is 6.77. The summed E-state index contributed by atoms with van der Waals surface area (Å²) in [5.74, 6) is 2.29. The first kappa shape index (κ1) is 13.3. The molecule has 1 rings (SSSR count). The molecule has 0 bridgehead atoms. The van der Waals surface area contributed by atoms with Crippen LogP contribution in [-0.4, -0.2) is 35.3 Å². The predicted octanol–water partition coefficient (Wildman–Crippen LogP) is 1.59. The van der Waals surface area contributed by atoms with E-state index in [0.29, 0.717) is 24.4 Å². The zero-order chi connectivity index (χ0) is 11.8. The van der Waals surface area contributed by atoms with Gasteiger partial charge in [-0.3, -0.25) is 0 Å². The number of rotatable bonds is 8. The van der Waals surface area contributed by atoms with Crippen LogP contribution in [0.4, 0.5) is 6.01 Å². The summed E-state index contributed by atoms with van der Waals surface area (Å²) >= 11 is 1.78. The Labute approximate surface area is 101 Å². The number of nitrogens with zero attached hydrogens (tertiary/aromatic N) is 2. The number of hydrogen-bond acceptors (Lipinski definition) is 6. The summed E-state index contributed by atoms with van der Waals surface area (Å²) in [6.07, 6.45) is 2.07. The van der Waals surface area contributed by atoms with Crippen molar-refractivity contribution >= 4 is 17.8 Å². The molecule has 0 aliphatic carbocycles. The molecule has 0 aromatic carbocycles. The van der Waals surface area contributed by atoms with E-state index in [2.05, 4.69) is 40.9 Å². The lowest BCUT2D eigenvalue weighted by Crippen LogP contribution is -2.19. The SMILES string of the molecule is CSCCNc1nnc(CNCC(C)C)o1. The zero-order valence-electron chi connectivity index (χ0n) is 10.1. The molecular weight excluding hydrogens is 224 g/mol. The average molecular weight is 244 g/mol. The number of aromatic nitrogens is 2. The molecule has 0 atom stereocenters. The van der Waals surface area contributed by atoms with Crippen molar-refractivity contribution < 1.29 is 4.42 Å². The third-order valence-electron chi connectivity index (χ3n) is 1.88. The Morgan fingerprint density at radius 1 is 1.38 bits per heavy atom. The van der Waals surface area contributed by atoms with Crippen LogP contribution in [0.5, 0.6) is 0 Å². The van der Waals surface area contributed by atoms with Gasteiger partial charge in [-0.2, -0.15) is 11.8 Å². The Balaban J connectivity index is 2.22. The second-order valence-corrected chi connectivity index (χ2v) is 4.93. The molecule has 0 spiro atoms. The minimum absolute atomic E-state index is 0.510. The van der Waals surface area contributed by atoms with Crippen molar-refractivity contribution in [1.82, 2.24) is 15.5 Å². The van der Waals surface area contributed by atoms with Crippen molar-refractivity contribution in [2.75, 3.05) is 30.4 Å². The molecule has 0 saturated carbocycles. The van der Waals surface area contributed by atoms with Gasteiger partial charge in [-0.1, -0.05) is 18.9 Å². The summed E-state index contributed by atoms with van der Waals surface area (Å²) in [7, 11) is 0. The van der Waals surface area contributed by atoms with E-state index < -0.39 is 0 Å². The van der Waals surface area contributed by atoms with Gasteiger partial charge in [0.15, 0.2) is 0 Å². The molecule has 92 valence electrons. The van der Waals surface area contributed by atoms with Gasteiger partial charge >= 0.3 is 6.01 Å². The van der Waals surface area contributed by atoms with Gasteiger partial charge in [-0.05, 0) is 18.7 Å². The van der Waals surface area contributed by atoms with Gasteiger partial charge < -0.3 is 15.1 Å². The lowest BCUT2D eigenvalue weighted by molar-refractivity contribution is 0.459. The minimum Gasteiger partial charge on any atom is -0.407 e. The Hall–Kier alpha value is -0.750. The van der Waals surface area contributed by atoms with Crippen LogP contribution >= 0.6 is 11.8 Å². The van der Waals surface area contributed by atoms with E-state index >= 15 is 0 Å². The van der Waals surface area contributed by atoms with E-state index in [-0.39, 0.29) is 0 Å². The maximum absolute atomic E-state index is 5.41. The van der Waals surface area contributed by atoms with Gasteiger partial charge in [0.1, 0.15) is 0 Å². The molecule has 1 heterocycles. The summed E-state index contributed by atoms with van der Waals surface area (Å²) in [5, 5.41) is 14.2. The Morgan fingerprint density at radius 2 is 2.19 bits per heavy atom. The molecule has 0 aliphatic heterocycles. The van der Waals surface area contributed by atoms with Gasteiger partial charge in [0.25, 0.3) is 0 Å². The topological polar surface area (TPSA) is 63.0 Å². The van der Waals surface area contributed by atoms with Crippen LogP contribution in [-0.2, 0) is 6.54 Å². The number of nitrogens with one attached hydrogen (secondary N) is 2. The van der Waals surface area contributed by atoms with Gasteiger partial charge in [-0.15, -0.1) is 5.10 Å². The van der Waals surface area contributed by atoms with Crippen molar-refractivity contribution in [2.24, 2.45) is 5.92 Å². The van der Waals surface area contributed by atoms with E-state index in [1.807, 2.05) is 0 Å². The predicted molar refractivity (Wildman–Crippen MR) is 67.7 cm³/mol. The van der Waals surface area contributed by atoms with Gasteiger partial charge in [0.05, 0.1) is 6.54 Å². The molecule has 0 amide bonds. The lowest BCUT2D eigenvalue weighted by atomic mass is 10.2. The Morgan fingerprint density at radius 3 is 2.88 bits per heavy atom. The smallest absolute Gasteiger partial charge is 0.315 e. The van der Waals surface area contributed by atoms with Gasteiger partial charge in [0, 0.05) is 12.3 Å². The molecule has 0 saturated heterocycles. The maximum Gasteiger partial charge on any atom is 0.315 e. The van der Waals surface area contributed by atoms with Crippen LogP contribution in [0.2, 0.25) is 0 Å². The first-order valence-corrected chi connectivity index (χ1v) is 6.87. The van der Waals surface area contributed by atoms with Gasteiger partial charge in [-0.25, -0.2) is 0 Å². The Kier molecular flexibility index (Phi) is 6.25. The third-order valence-corrected chi connectivity index (χ3v) is 2.49. The highest BCUT2D eigenvalue weighted by molar-refractivity contribution is 7.98. The molecule has 5 nitrogen and oxygen atoms in total. The fourth-order valence-electron chi connectivity index (χ4n) is 1.12. The minimum atomic E-state index is 0.510. The largest absolute Gasteiger partial charge is 0.407 e. The number of hydrogen-bond donors (Lipinski definition) is 2. The first-order chi connectivity index (χ1) is 7.72. The zero-order valence-corrected chi connectivity index (χ0v) is 10.9. The Bertz CT molecular complexity index is 290. The highest BCUT2D eigenvalue weighted by Gasteiger charge is 2.04. The van der Waals surface area contributed by atoms with Crippen LogP contribution in [0.15, 0.2) is 4.42 Å². The van der Waals surface area contributed by atoms with E-state index in [9.17, 15) is 0 Å². The summed E-state index contributed by atoms with van der Waals surface area (Å²) in [6, 6.07) is 0.510. The molecule has 0 unspecified atom stereocenters. The fraction of sp³-hybridized carbons (Fsp3) is 0.800. The van der Waals surface area contributed by atoms with Crippen LogP contribution in [0, 0.1) is 5.92 Å². The number of thioether (sulfide) groups is 1. The molecule has 16 heavy (non-hydrogen) atoms. The van der Waals surface area contributed by atoms with Crippen LogP contribution in [0.25, 0.3) is 0 Å². The van der Waals surface area contributed by atoms with Crippen molar-refractivity contribution in [3.8, 4) is 0 Å². The van der Waals surface area contributed by atoms with Crippen molar-refractivity contribution in [3.05, 3.63) is 5.89 Å². The van der Waals surface area contributed by atoms with Crippen molar-refractivity contribution in [1.29, 1.82) is 0 Å². The molecule has 1 aromatic heterocycles. The molecule has 0 aliphatic rings. The van der Waals surface area contributed by atoms with Crippen LogP contribution in [0.1, 0.15) is 19.7 Å². The highest BCUT2D eigenvalue weighted by atomic mass is 32.2. The van der Waals surface area contributed by atoms with E-state index in [1.54, 1.807) is 11.8 Å². The van der Waals surface area contributed by atoms with E-state index in [4.69, 9.17) is 4.42 Å². The molecule has 1 aromatic rings. The molecule has 0 fully saturated rings. The molecule has 2 N–H and O–H groups in total. The van der Waals surface area contributed by atoms with E-state index in [1.165, 1.54) is 0 Å². The normalized spacial score (nSPS) is 11.0. The summed E-state index contributed by atoms with van der Waals surface area (Å²) in [5.41, 5.74) is 0. The van der Waals surface area contributed by atoms with E-state index in [0.717, 1.165) is 18.8 Å². The van der Waals surface area contributed by atoms with Crippen LogP contribution in [0.3, 0.4) is 0 Å². The first-order valence-electron chi connectivity index (χ1n) is 5.48. The summed E-state index contributed by atoms with van der Waals surface area (Å²) < 4.78 is 5.41. The van der Waals surface area contributed by atoms with Gasteiger partial charge in [0.2, 0.25) is 5.89 Å². The fourth-order valence-corrected chi connectivity index (χ4v) is 1.43. The molecular formula is C10H20N4OS. The second-order valence-electron chi connectivity index (χ2n) is 3.95. The number of anilines is 1. The molecule has 6 heteroatoms.